The molecule has 0 saturated carbocycles. The van der Waals surface area contributed by atoms with Crippen molar-refractivity contribution in [2.75, 3.05) is 6.61 Å². The van der Waals surface area contributed by atoms with E-state index in [2.05, 4.69) is 18.2 Å². The van der Waals surface area contributed by atoms with Crippen LogP contribution in [-0.2, 0) is 6.42 Å². The second-order valence-corrected chi connectivity index (χ2v) is 6.13. The van der Waals surface area contributed by atoms with E-state index in [4.69, 9.17) is 4.74 Å². The molecule has 0 aromatic heterocycles. The van der Waals surface area contributed by atoms with Crippen molar-refractivity contribution in [2.45, 2.75) is 6.42 Å². The molecule has 3 aromatic rings. The lowest BCUT2D eigenvalue weighted by atomic mass is 9.92. The van der Waals surface area contributed by atoms with Crippen LogP contribution in [0.1, 0.15) is 16.7 Å². The number of ether oxygens (including phenoxy) is 1. The first kappa shape index (κ1) is 13.3. The van der Waals surface area contributed by atoms with Crippen molar-refractivity contribution in [1.29, 1.82) is 0 Å². The minimum absolute atomic E-state index is 0.145. The second-order valence-electron chi connectivity index (χ2n) is 6.13. The van der Waals surface area contributed by atoms with Gasteiger partial charge >= 0.3 is 0 Å². The summed E-state index contributed by atoms with van der Waals surface area (Å²) in [6.45, 7) is 0.578. The summed E-state index contributed by atoms with van der Waals surface area (Å²) >= 11 is 0. The van der Waals surface area contributed by atoms with E-state index >= 15 is 0 Å². The smallest absolute Gasteiger partial charge is 0.269 e. The summed E-state index contributed by atoms with van der Waals surface area (Å²) in [6.07, 6.45) is 4.83. The maximum absolute atomic E-state index is 11.1. The number of fused-ring (bicyclic) bond motifs is 8. The maximum atomic E-state index is 11.1. The van der Waals surface area contributed by atoms with Crippen molar-refractivity contribution in [3.05, 3.63) is 75.3 Å². The monoisotopic (exact) mass is 315 g/mol. The first-order valence-electron chi connectivity index (χ1n) is 7.88. The summed E-state index contributed by atoms with van der Waals surface area (Å²) in [6, 6.07) is 13.4. The first-order chi connectivity index (χ1) is 11.7. The van der Waals surface area contributed by atoms with Crippen LogP contribution in [0.4, 0.5) is 5.69 Å². The molecule has 24 heavy (non-hydrogen) atoms. The van der Waals surface area contributed by atoms with E-state index in [-0.39, 0.29) is 10.6 Å². The van der Waals surface area contributed by atoms with Crippen LogP contribution in [0.2, 0.25) is 0 Å². The van der Waals surface area contributed by atoms with Crippen molar-refractivity contribution in [3.8, 4) is 16.9 Å². The van der Waals surface area contributed by atoms with E-state index in [1.165, 1.54) is 11.1 Å². The van der Waals surface area contributed by atoms with Gasteiger partial charge in [-0.15, -0.1) is 0 Å². The van der Waals surface area contributed by atoms with Gasteiger partial charge in [0.25, 0.3) is 5.69 Å². The van der Waals surface area contributed by atoms with E-state index in [1.54, 1.807) is 12.1 Å². The van der Waals surface area contributed by atoms with Gasteiger partial charge in [0, 0.05) is 23.1 Å². The zero-order valence-electron chi connectivity index (χ0n) is 12.8. The average Bonchev–Trinajstić information content (AvgIpc) is 3.01. The van der Waals surface area contributed by atoms with Crippen LogP contribution in [-0.4, -0.2) is 11.5 Å². The number of nitro groups is 1. The van der Waals surface area contributed by atoms with Crippen molar-refractivity contribution in [2.24, 2.45) is 0 Å². The Kier molecular flexibility index (Phi) is 2.59. The van der Waals surface area contributed by atoms with Crippen molar-refractivity contribution in [1.82, 2.24) is 0 Å². The molecule has 5 rings (SSSR count). The quantitative estimate of drug-likeness (QED) is 0.377. The number of benzene rings is 3. The molecule has 0 saturated heterocycles. The van der Waals surface area contributed by atoms with Crippen LogP contribution in [0.25, 0.3) is 28.0 Å². The van der Waals surface area contributed by atoms with Crippen LogP contribution in [0.3, 0.4) is 0 Å². The Balaban J connectivity index is 1.88. The molecule has 0 radical (unpaired) electrons. The van der Waals surface area contributed by atoms with Gasteiger partial charge in [-0.3, -0.25) is 10.1 Å². The molecular formula is C20H13NO3. The lowest BCUT2D eigenvalue weighted by Gasteiger charge is -2.19. The molecule has 1 aliphatic heterocycles. The molecule has 0 unspecified atom stereocenters. The summed E-state index contributed by atoms with van der Waals surface area (Å²) in [7, 11) is 0. The van der Waals surface area contributed by atoms with Gasteiger partial charge in [-0.05, 0) is 46.2 Å². The Morgan fingerprint density at radius 1 is 1.08 bits per heavy atom. The Hall–Kier alpha value is -3.14. The largest absolute Gasteiger partial charge is 0.488 e. The van der Waals surface area contributed by atoms with Gasteiger partial charge in [-0.1, -0.05) is 30.3 Å². The van der Waals surface area contributed by atoms with Crippen LogP contribution in [0.15, 0.2) is 48.5 Å². The molecule has 116 valence electrons. The molecule has 3 aromatic carbocycles. The van der Waals surface area contributed by atoms with Gasteiger partial charge in [-0.25, -0.2) is 0 Å². The summed E-state index contributed by atoms with van der Waals surface area (Å²) in [5, 5.41) is 13.3. The highest BCUT2D eigenvalue weighted by atomic mass is 16.6. The van der Waals surface area contributed by atoms with Crippen LogP contribution < -0.4 is 4.74 Å². The van der Waals surface area contributed by atoms with Crippen LogP contribution in [0, 0.1) is 10.1 Å². The number of hydrogen-bond acceptors (Lipinski definition) is 3. The molecule has 4 heteroatoms. The zero-order chi connectivity index (χ0) is 16.3. The average molecular weight is 315 g/mol. The molecular weight excluding hydrogens is 302 g/mol. The van der Waals surface area contributed by atoms with E-state index in [9.17, 15) is 10.1 Å². The van der Waals surface area contributed by atoms with E-state index in [0.717, 1.165) is 33.2 Å². The minimum atomic E-state index is -0.333. The van der Waals surface area contributed by atoms with E-state index in [1.807, 2.05) is 24.3 Å². The van der Waals surface area contributed by atoms with Crippen molar-refractivity contribution >= 4 is 22.5 Å². The Bertz CT molecular complexity index is 1070. The molecule has 0 fully saturated rings. The van der Waals surface area contributed by atoms with Gasteiger partial charge in [0.15, 0.2) is 0 Å². The molecule has 2 aliphatic rings. The third kappa shape index (κ3) is 1.68. The highest BCUT2D eigenvalue weighted by Crippen LogP contribution is 2.49. The summed E-state index contributed by atoms with van der Waals surface area (Å²) in [5.74, 6) is 0.925. The Morgan fingerprint density at radius 3 is 2.75 bits per heavy atom. The summed E-state index contributed by atoms with van der Waals surface area (Å²) in [4.78, 5) is 10.8. The Morgan fingerprint density at radius 2 is 1.92 bits per heavy atom. The van der Waals surface area contributed by atoms with Crippen molar-refractivity contribution < 1.29 is 9.66 Å². The molecule has 0 amide bonds. The second kappa shape index (κ2) is 4.68. The standard InChI is InChI=1S/C20H13NO3/c22-21(23)13-7-8-14-12(10-13)11-18-17-6-3-9-24-20(17)16-5-2-1-4-15(16)19(14)18/h1-8,10H,9,11H2. The molecule has 4 nitrogen and oxygen atoms in total. The normalized spacial score (nSPS) is 14.0. The molecule has 0 bridgehead atoms. The third-order valence-electron chi connectivity index (χ3n) is 4.86. The van der Waals surface area contributed by atoms with E-state index in [0.29, 0.717) is 13.0 Å². The Labute approximate surface area is 138 Å². The number of nitrogens with zero attached hydrogens (tertiary/aromatic N) is 1. The lowest BCUT2D eigenvalue weighted by molar-refractivity contribution is -0.384. The first-order valence-corrected chi connectivity index (χ1v) is 7.88. The lowest BCUT2D eigenvalue weighted by Crippen LogP contribution is -2.04. The number of rotatable bonds is 1. The molecule has 0 atom stereocenters. The van der Waals surface area contributed by atoms with Crippen molar-refractivity contribution in [3.63, 3.8) is 0 Å². The maximum Gasteiger partial charge on any atom is 0.269 e. The summed E-state index contributed by atoms with van der Waals surface area (Å²) < 4.78 is 5.93. The van der Waals surface area contributed by atoms with Crippen LogP contribution in [0.5, 0.6) is 5.75 Å². The van der Waals surface area contributed by atoms with Gasteiger partial charge < -0.3 is 4.74 Å². The fraction of sp³-hybridized carbons (Fsp3) is 0.100. The highest BCUT2D eigenvalue weighted by Gasteiger charge is 2.28. The van der Waals surface area contributed by atoms with Crippen LogP contribution >= 0.6 is 0 Å². The SMILES string of the molecule is O=[N+]([O-])c1ccc2c(c1)Cc1c3c(c4ccccc4c1-2)OCC=C3. The fourth-order valence-electron chi connectivity index (χ4n) is 3.87. The molecule has 1 aliphatic carbocycles. The minimum Gasteiger partial charge on any atom is -0.488 e. The molecule has 0 N–H and O–H groups in total. The fourth-order valence-corrected chi connectivity index (χ4v) is 3.87. The summed E-state index contributed by atoms with van der Waals surface area (Å²) in [5.41, 5.74) is 5.74. The van der Waals surface area contributed by atoms with Gasteiger partial charge in [0.05, 0.1) is 4.92 Å². The molecule has 1 heterocycles. The number of non-ortho nitro benzene ring substituents is 1. The highest BCUT2D eigenvalue weighted by molar-refractivity contribution is 6.07. The third-order valence-corrected chi connectivity index (χ3v) is 4.86. The zero-order valence-corrected chi connectivity index (χ0v) is 12.8. The van der Waals surface area contributed by atoms with Gasteiger partial charge in [0.1, 0.15) is 12.4 Å². The van der Waals surface area contributed by atoms with Gasteiger partial charge in [0.2, 0.25) is 0 Å². The van der Waals surface area contributed by atoms with Gasteiger partial charge in [-0.2, -0.15) is 0 Å². The topological polar surface area (TPSA) is 52.4 Å². The molecule has 0 spiro atoms. The van der Waals surface area contributed by atoms with E-state index < -0.39 is 0 Å². The predicted octanol–water partition coefficient (Wildman–Crippen LogP) is 4.72. The predicted molar refractivity (Wildman–Crippen MR) is 93.4 cm³/mol. The number of hydrogen-bond donors (Lipinski definition) is 0. The number of nitro benzene ring substituents is 1.